The molecule has 9 heteroatoms. The molecule has 1 aromatic carbocycles. The molecule has 0 spiro atoms. The van der Waals surface area contributed by atoms with E-state index in [9.17, 15) is 13.2 Å². The number of anilines is 2. The van der Waals surface area contributed by atoms with E-state index in [1.54, 1.807) is 11.4 Å². The van der Waals surface area contributed by atoms with E-state index in [2.05, 4.69) is 14.9 Å². The van der Waals surface area contributed by atoms with E-state index in [-0.39, 0.29) is 16.0 Å². The summed E-state index contributed by atoms with van der Waals surface area (Å²) in [5.41, 5.74) is 1.71. The Morgan fingerprint density at radius 2 is 1.86 bits per heavy atom. The van der Waals surface area contributed by atoms with Crippen LogP contribution < -0.4 is 14.9 Å². The molecule has 7 nitrogen and oxygen atoms in total. The maximum atomic E-state index is 12.8. The Kier molecular flexibility index (Phi) is 7.28. The average Bonchev–Trinajstić information content (AvgIpc) is 3.24. The highest BCUT2D eigenvalue weighted by Gasteiger charge is 2.27. The van der Waals surface area contributed by atoms with Crippen molar-refractivity contribution < 1.29 is 17.9 Å². The number of morpholine rings is 1. The summed E-state index contributed by atoms with van der Waals surface area (Å²) in [6.07, 6.45) is 0.405. The SMILES string of the molecule is CC(C)CC(NS(=O)(=O)c1cccs1)C(=O)Nc1ccc(N2CCOCC2)cc1. The van der Waals surface area contributed by atoms with Crippen molar-refractivity contribution in [1.29, 1.82) is 0 Å². The second-order valence-electron chi connectivity index (χ2n) is 7.37. The van der Waals surface area contributed by atoms with Crippen molar-refractivity contribution in [2.24, 2.45) is 5.92 Å². The van der Waals surface area contributed by atoms with E-state index >= 15 is 0 Å². The summed E-state index contributed by atoms with van der Waals surface area (Å²) in [6, 6.07) is 9.93. The molecule has 0 saturated carbocycles. The van der Waals surface area contributed by atoms with Crippen LogP contribution in [0.5, 0.6) is 0 Å². The Labute approximate surface area is 176 Å². The molecule has 0 bridgehead atoms. The Hall–Kier alpha value is -1.94. The number of carbonyl (C=O) groups is 1. The number of sulfonamides is 1. The molecule has 0 aliphatic carbocycles. The molecule has 0 radical (unpaired) electrons. The summed E-state index contributed by atoms with van der Waals surface area (Å²) in [5.74, 6) is -0.210. The van der Waals surface area contributed by atoms with E-state index in [0.717, 1.165) is 30.1 Å². The van der Waals surface area contributed by atoms with E-state index in [4.69, 9.17) is 4.74 Å². The zero-order chi connectivity index (χ0) is 20.9. The molecule has 2 heterocycles. The lowest BCUT2D eigenvalue weighted by Crippen LogP contribution is -2.44. The second kappa shape index (κ2) is 9.71. The van der Waals surface area contributed by atoms with Crippen LogP contribution in [-0.2, 0) is 19.6 Å². The molecule has 1 aromatic heterocycles. The van der Waals surface area contributed by atoms with Crippen LogP contribution in [0.1, 0.15) is 20.3 Å². The van der Waals surface area contributed by atoms with Crippen LogP contribution in [0.25, 0.3) is 0 Å². The van der Waals surface area contributed by atoms with Gasteiger partial charge in [0.2, 0.25) is 5.91 Å². The summed E-state index contributed by atoms with van der Waals surface area (Å²) in [7, 11) is -3.73. The van der Waals surface area contributed by atoms with Crippen LogP contribution in [0, 0.1) is 5.92 Å². The molecular formula is C20H27N3O4S2. The summed E-state index contributed by atoms with van der Waals surface area (Å²) in [5, 5.41) is 4.54. The van der Waals surface area contributed by atoms with Gasteiger partial charge >= 0.3 is 0 Å². The number of benzene rings is 1. The van der Waals surface area contributed by atoms with Gasteiger partial charge in [-0.1, -0.05) is 19.9 Å². The van der Waals surface area contributed by atoms with Crippen LogP contribution in [0.2, 0.25) is 0 Å². The monoisotopic (exact) mass is 437 g/mol. The molecule has 1 aliphatic heterocycles. The van der Waals surface area contributed by atoms with Gasteiger partial charge in [0, 0.05) is 24.5 Å². The lowest BCUT2D eigenvalue weighted by Gasteiger charge is -2.29. The highest BCUT2D eigenvalue weighted by atomic mass is 32.2. The molecule has 1 atom stereocenters. The molecule has 2 aromatic rings. The van der Waals surface area contributed by atoms with E-state index in [1.165, 1.54) is 6.07 Å². The smallest absolute Gasteiger partial charge is 0.250 e. The summed E-state index contributed by atoms with van der Waals surface area (Å²) in [6.45, 7) is 7.01. The number of rotatable bonds is 8. The topological polar surface area (TPSA) is 87.7 Å². The minimum absolute atomic E-state index is 0.153. The standard InChI is InChI=1S/C20H27N3O4S2/c1-15(2)14-18(22-29(25,26)19-4-3-13-28-19)20(24)21-16-5-7-17(8-6-16)23-9-11-27-12-10-23/h3-8,13,15,18,22H,9-12,14H2,1-2H3,(H,21,24). The average molecular weight is 438 g/mol. The van der Waals surface area contributed by atoms with Crippen molar-refractivity contribution in [3.8, 4) is 0 Å². The van der Waals surface area contributed by atoms with Crippen LogP contribution >= 0.6 is 11.3 Å². The Bertz CT molecular complexity index is 890. The van der Waals surface area contributed by atoms with Gasteiger partial charge in [0.05, 0.1) is 13.2 Å². The third-order valence-corrected chi connectivity index (χ3v) is 7.46. The Morgan fingerprint density at radius 1 is 1.17 bits per heavy atom. The number of nitrogens with zero attached hydrogens (tertiary/aromatic N) is 1. The fourth-order valence-electron chi connectivity index (χ4n) is 3.15. The second-order valence-corrected chi connectivity index (χ2v) is 10.3. The van der Waals surface area contributed by atoms with Crippen molar-refractivity contribution >= 4 is 38.6 Å². The van der Waals surface area contributed by atoms with Crippen molar-refractivity contribution in [3.63, 3.8) is 0 Å². The van der Waals surface area contributed by atoms with Crippen molar-refractivity contribution in [2.75, 3.05) is 36.5 Å². The third-order valence-electron chi connectivity index (χ3n) is 4.59. The van der Waals surface area contributed by atoms with E-state index in [1.807, 2.05) is 38.1 Å². The predicted octanol–water partition coefficient (Wildman–Crippen LogP) is 2.92. The summed E-state index contributed by atoms with van der Waals surface area (Å²) in [4.78, 5) is 15.0. The van der Waals surface area contributed by atoms with E-state index < -0.39 is 16.1 Å². The van der Waals surface area contributed by atoms with Crippen LogP contribution in [0.4, 0.5) is 11.4 Å². The van der Waals surface area contributed by atoms with Gasteiger partial charge in [-0.05, 0) is 48.1 Å². The van der Waals surface area contributed by atoms with E-state index in [0.29, 0.717) is 25.3 Å². The normalized spacial score (nSPS) is 16.0. The highest BCUT2D eigenvalue weighted by Crippen LogP contribution is 2.21. The van der Waals surface area contributed by atoms with Crippen molar-refractivity contribution in [1.82, 2.24) is 4.72 Å². The van der Waals surface area contributed by atoms with Crippen LogP contribution in [0.3, 0.4) is 0 Å². The molecule has 1 unspecified atom stereocenters. The van der Waals surface area contributed by atoms with Gasteiger partial charge in [-0.15, -0.1) is 11.3 Å². The Morgan fingerprint density at radius 3 is 2.45 bits per heavy atom. The molecule has 1 amide bonds. The number of hydrogen-bond donors (Lipinski definition) is 2. The first kappa shape index (κ1) is 21.8. The first-order valence-corrected chi connectivity index (χ1v) is 12.0. The van der Waals surface area contributed by atoms with Gasteiger partial charge in [0.1, 0.15) is 10.3 Å². The van der Waals surface area contributed by atoms with Crippen LogP contribution in [-0.4, -0.2) is 46.7 Å². The molecule has 1 fully saturated rings. The maximum Gasteiger partial charge on any atom is 0.250 e. The largest absolute Gasteiger partial charge is 0.378 e. The third kappa shape index (κ3) is 6.02. The number of amides is 1. The molecule has 1 aliphatic rings. The summed E-state index contributed by atoms with van der Waals surface area (Å²) >= 11 is 1.13. The van der Waals surface area contributed by atoms with Gasteiger partial charge in [0.25, 0.3) is 10.0 Å². The highest BCUT2D eigenvalue weighted by molar-refractivity contribution is 7.91. The van der Waals surface area contributed by atoms with Gasteiger partial charge in [-0.3, -0.25) is 4.79 Å². The van der Waals surface area contributed by atoms with Gasteiger partial charge in [-0.25, -0.2) is 8.42 Å². The fourth-order valence-corrected chi connectivity index (χ4v) is 5.37. The number of nitrogens with one attached hydrogen (secondary N) is 2. The maximum absolute atomic E-state index is 12.8. The first-order chi connectivity index (χ1) is 13.8. The van der Waals surface area contributed by atoms with Crippen molar-refractivity contribution in [3.05, 3.63) is 41.8 Å². The molecule has 29 heavy (non-hydrogen) atoms. The minimum Gasteiger partial charge on any atom is -0.378 e. The predicted molar refractivity (Wildman–Crippen MR) is 116 cm³/mol. The van der Waals surface area contributed by atoms with Gasteiger partial charge in [0.15, 0.2) is 0 Å². The molecular weight excluding hydrogens is 410 g/mol. The lowest BCUT2D eigenvalue weighted by molar-refractivity contribution is -0.118. The van der Waals surface area contributed by atoms with Crippen molar-refractivity contribution in [2.45, 2.75) is 30.5 Å². The molecule has 158 valence electrons. The fraction of sp³-hybridized carbons (Fsp3) is 0.450. The summed E-state index contributed by atoms with van der Waals surface area (Å²) < 4.78 is 33.3. The quantitative estimate of drug-likeness (QED) is 0.663. The zero-order valence-corrected chi connectivity index (χ0v) is 18.3. The van der Waals surface area contributed by atoms with Crippen LogP contribution in [0.15, 0.2) is 46.0 Å². The number of thiophene rings is 1. The zero-order valence-electron chi connectivity index (χ0n) is 16.6. The lowest BCUT2D eigenvalue weighted by atomic mass is 10.0. The number of ether oxygens (including phenoxy) is 1. The molecule has 3 rings (SSSR count). The molecule has 2 N–H and O–H groups in total. The van der Waals surface area contributed by atoms with Gasteiger partial charge in [-0.2, -0.15) is 4.72 Å². The Balaban J connectivity index is 1.68. The van der Waals surface area contributed by atoms with Gasteiger partial charge < -0.3 is 15.0 Å². The number of hydrogen-bond acceptors (Lipinski definition) is 6. The minimum atomic E-state index is -3.73. The first-order valence-electron chi connectivity index (χ1n) is 9.64. The molecule has 1 saturated heterocycles. The number of carbonyl (C=O) groups excluding carboxylic acids is 1.